The number of aromatic nitrogens is 3. The number of hydrogen-bond donors (Lipinski definition) is 4. The fourth-order valence-corrected chi connectivity index (χ4v) is 3.58. The summed E-state index contributed by atoms with van der Waals surface area (Å²) in [6.45, 7) is 0.507. The molecule has 0 bridgehead atoms. The number of rotatable bonds is 10. The van der Waals surface area contributed by atoms with E-state index >= 15 is 0 Å². The van der Waals surface area contributed by atoms with Gasteiger partial charge in [0.25, 0.3) is 0 Å². The van der Waals surface area contributed by atoms with Gasteiger partial charge in [0, 0.05) is 6.54 Å². The Kier molecular flexibility index (Phi) is 8.50. The van der Waals surface area contributed by atoms with Gasteiger partial charge in [-0.25, -0.2) is 14.2 Å². The minimum Gasteiger partial charge on any atom is -0.370 e. The van der Waals surface area contributed by atoms with Gasteiger partial charge in [0.15, 0.2) is 5.96 Å². The van der Waals surface area contributed by atoms with Gasteiger partial charge in [-0.15, -0.1) is 0 Å². The number of guanidine groups is 1. The number of anilines is 1. The average Bonchev–Trinajstić information content (AvgIpc) is 2.79. The average molecular weight is 519 g/mol. The van der Waals surface area contributed by atoms with Crippen LogP contribution in [-0.2, 0) is 24.3 Å². The van der Waals surface area contributed by atoms with E-state index in [1.165, 1.54) is 4.57 Å². The van der Waals surface area contributed by atoms with Crippen LogP contribution in [0.4, 0.5) is 5.95 Å². The third-order valence-corrected chi connectivity index (χ3v) is 5.64. The lowest BCUT2D eigenvalue weighted by atomic mass is 10.1. The first kappa shape index (κ1) is 25.8. The maximum atomic E-state index is 13.4. The van der Waals surface area contributed by atoms with Crippen LogP contribution in [0.1, 0.15) is 16.7 Å². The summed E-state index contributed by atoms with van der Waals surface area (Å²) < 4.78 is 2.33. The maximum Gasteiger partial charge on any atom is 0.355 e. The van der Waals surface area contributed by atoms with Crippen molar-refractivity contribution in [2.75, 3.05) is 18.4 Å². The highest BCUT2D eigenvalue weighted by atomic mass is 35.5. The van der Waals surface area contributed by atoms with Crippen molar-refractivity contribution in [3.05, 3.63) is 90.2 Å². The molecule has 35 heavy (non-hydrogen) atoms. The summed E-state index contributed by atoms with van der Waals surface area (Å²) in [6.07, 6.45) is 0.105. The summed E-state index contributed by atoms with van der Waals surface area (Å²) in [6, 6.07) is 11.9. The van der Waals surface area contributed by atoms with Crippen LogP contribution in [0.2, 0.25) is 10.0 Å². The second-order valence-corrected chi connectivity index (χ2v) is 8.43. The second kappa shape index (κ2) is 11.5. The van der Waals surface area contributed by atoms with Crippen molar-refractivity contribution in [1.29, 1.82) is 0 Å². The first-order valence-electron chi connectivity index (χ1n) is 10.4. The standard InChI is InChI=1S/C22H24Cl2N8O3/c23-16-6-5-15(9-17(16)24)12-32-21(34)30-20(29-8-7-28-19(26)27)31(22(32)35)11-14-3-1-13(2-4-14)10-18(25)33/h1-6,9H,7-8,10-12H2,(H2,25,33)(H4,26,27,28)(H,29,30,34). The topological polar surface area (TPSA) is 176 Å². The van der Waals surface area contributed by atoms with E-state index in [0.717, 1.165) is 15.7 Å². The van der Waals surface area contributed by atoms with Crippen molar-refractivity contribution >= 4 is 41.0 Å². The van der Waals surface area contributed by atoms with Gasteiger partial charge in [-0.3, -0.25) is 14.4 Å². The molecule has 1 heterocycles. The van der Waals surface area contributed by atoms with Gasteiger partial charge in [0.05, 0.1) is 36.1 Å². The molecule has 13 heteroatoms. The van der Waals surface area contributed by atoms with Crippen molar-refractivity contribution in [2.24, 2.45) is 22.2 Å². The highest BCUT2D eigenvalue weighted by Gasteiger charge is 2.15. The molecule has 0 aliphatic heterocycles. The number of nitrogens with two attached hydrogens (primary N) is 3. The lowest BCUT2D eigenvalue weighted by Gasteiger charge is -2.16. The molecule has 0 fully saturated rings. The number of halogens is 2. The maximum absolute atomic E-state index is 13.4. The Morgan fingerprint density at radius 2 is 1.54 bits per heavy atom. The summed E-state index contributed by atoms with van der Waals surface area (Å²) in [5.41, 5.74) is 16.7. The van der Waals surface area contributed by atoms with E-state index in [-0.39, 0.29) is 44.5 Å². The number of carbonyl (C=O) groups is 1. The minimum atomic E-state index is -0.738. The Labute approximate surface area is 210 Å². The summed E-state index contributed by atoms with van der Waals surface area (Å²) in [5.74, 6) is -0.456. The zero-order valence-corrected chi connectivity index (χ0v) is 20.1. The van der Waals surface area contributed by atoms with E-state index in [1.807, 2.05) is 0 Å². The Bertz CT molecular complexity index is 1360. The van der Waals surface area contributed by atoms with E-state index in [2.05, 4.69) is 15.3 Å². The van der Waals surface area contributed by atoms with Crippen LogP contribution in [0.15, 0.2) is 57.0 Å². The molecule has 184 valence electrons. The smallest absolute Gasteiger partial charge is 0.355 e. The first-order chi connectivity index (χ1) is 16.6. The molecular formula is C22H24Cl2N8O3. The van der Waals surface area contributed by atoms with Crippen molar-refractivity contribution in [3.8, 4) is 0 Å². The molecule has 0 atom stereocenters. The molecule has 1 amide bonds. The number of benzene rings is 2. The van der Waals surface area contributed by atoms with Gasteiger partial charge >= 0.3 is 11.4 Å². The van der Waals surface area contributed by atoms with E-state index in [0.29, 0.717) is 15.6 Å². The molecule has 0 spiro atoms. The summed E-state index contributed by atoms with van der Waals surface area (Å²) in [4.78, 5) is 45.2. The molecule has 3 aromatic rings. The van der Waals surface area contributed by atoms with E-state index in [9.17, 15) is 14.4 Å². The number of carbonyl (C=O) groups excluding carboxylic acids is 1. The number of nitrogens with one attached hydrogen (secondary N) is 1. The molecule has 0 aliphatic rings. The van der Waals surface area contributed by atoms with Crippen LogP contribution in [-0.4, -0.2) is 39.1 Å². The Morgan fingerprint density at radius 3 is 2.17 bits per heavy atom. The zero-order valence-electron chi connectivity index (χ0n) is 18.6. The highest BCUT2D eigenvalue weighted by molar-refractivity contribution is 6.42. The molecule has 1 aromatic heterocycles. The predicted octanol–water partition coefficient (Wildman–Crippen LogP) is 0.522. The summed E-state index contributed by atoms with van der Waals surface area (Å²) >= 11 is 12.0. The minimum absolute atomic E-state index is 0.0482. The van der Waals surface area contributed by atoms with Crippen LogP contribution >= 0.6 is 23.2 Å². The van der Waals surface area contributed by atoms with Gasteiger partial charge in [-0.1, -0.05) is 53.5 Å². The highest BCUT2D eigenvalue weighted by Crippen LogP contribution is 2.22. The van der Waals surface area contributed by atoms with Crippen LogP contribution < -0.4 is 33.9 Å². The van der Waals surface area contributed by atoms with Crippen LogP contribution in [0.3, 0.4) is 0 Å². The molecular weight excluding hydrogens is 495 g/mol. The molecule has 7 N–H and O–H groups in total. The fraction of sp³-hybridized carbons (Fsp3) is 0.227. The molecule has 0 radical (unpaired) electrons. The zero-order chi connectivity index (χ0) is 25.5. The Balaban J connectivity index is 1.97. The number of nitrogens with zero attached hydrogens (tertiary/aromatic N) is 4. The largest absolute Gasteiger partial charge is 0.370 e. The number of primary amides is 1. The fourth-order valence-electron chi connectivity index (χ4n) is 3.26. The van der Waals surface area contributed by atoms with Gasteiger partial charge in [-0.05, 0) is 28.8 Å². The SMILES string of the molecule is NC(=O)Cc1ccc(Cn2c(NCCN=C(N)N)nc(=O)n(Cc3ccc(Cl)c(Cl)c3)c2=O)cc1. The van der Waals surface area contributed by atoms with Gasteiger partial charge in [0.2, 0.25) is 11.9 Å². The van der Waals surface area contributed by atoms with E-state index in [1.54, 1.807) is 42.5 Å². The van der Waals surface area contributed by atoms with Gasteiger partial charge < -0.3 is 22.5 Å². The van der Waals surface area contributed by atoms with Crippen LogP contribution in [0, 0.1) is 0 Å². The molecule has 11 nitrogen and oxygen atoms in total. The number of aliphatic imine (C=N–C) groups is 1. The summed E-state index contributed by atoms with van der Waals surface area (Å²) in [7, 11) is 0. The van der Waals surface area contributed by atoms with Crippen molar-refractivity contribution in [2.45, 2.75) is 19.5 Å². The molecule has 3 rings (SSSR count). The Morgan fingerprint density at radius 1 is 0.914 bits per heavy atom. The monoisotopic (exact) mass is 518 g/mol. The third kappa shape index (κ3) is 7.08. The molecule has 0 saturated heterocycles. The molecule has 0 unspecified atom stereocenters. The lowest BCUT2D eigenvalue weighted by Crippen LogP contribution is -2.43. The molecule has 0 saturated carbocycles. The van der Waals surface area contributed by atoms with Crippen molar-refractivity contribution < 1.29 is 4.79 Å². The van der Waals surface area contributed by atoms with Gasteiger partial charge in [-0.2, -0.15) is 4.98 Å². The lowest BCUT2D eigenvalue weighted by molar-refractivity contribution is -0.117. The van der Waals surface area contributed by atoms with Crippen molar-refractivity contribution in [3.63, 3.8) is 0 Å². The quantitative estimate of drug-likeness (QED) is 0.171. The first-order valence-corrected chi connectivity index (χ1v) is 11.2. The molecule has 0 aliphatic carbocycles. The predicted molar refractivity (Wildman–Crippen MR) is 136 cm³/mol. The summed E-state index contributed by atoms with van der Waals surface area (Å²) in [5, 5.41) is 3.60. The molecule has 2 aromatic carbocycles. The Hall–Kier alpha value is -3.83. The number of amides is 1. The second-order valence-electron chi connectivity index (χ2n) is 7.61. The normalized spacial score (nSPS) is 10.7. The third-order valence-electron chi connectivity index (χ3n) is 4.91. The van der Waals surface area contributed by atoms with Crippen LogP contribution in [0.25, 0.3) is 0 Å². The van der Waals surface area contributed by atoms with Crippen molar-refractivity contribution in [1.82, 2.24) is 14.1 Å². The van der Waals surface area contributed by atoms with E-state index in [4.69, 9.17) is 40.4 Å². The van der Waals surface area contributed by atoms with Gasteiger partial charge in [0.1, 0.15) is 0 Å². The van der Waals surface area contributed by atoms with E-state index < -0.39 is 17.3 Å². The number of hydrogen-bond acceptors (Lipinski definition) is 6. The van der Waals surface area contributed by atoms with Crippen LogP contribution in [0.5, 0.6) is 0 Å².